The van der Waals surface area contributed by atoms with Gasteiger partial charge in [-0.2, -0.15) is 0 Å². The largest absolute Gasteiger partial charge is 0.480 e. The summed E-state index contributed by atoms with van der Waals surface area (Å²) in [6.07, 6.45) is 5.02. The molecule has 14 nitrogen and oxygen atoms in total. The number of carboxylic acids is 1. The Labute approximate surface area is 228 Å². The van der Waals surface area contributed by atoms with E-state index in [1.54, 1.807) is 6.20 Å². The number of primary amides is 1. The lowest BCUT2D eigenvalue weighted by Crippen LogP contribution is -2.58. The quantitative estimate of drug-likeness (QED) is 0.146. The lowest BCUT2D eigenvalue weighted by molar-refractivity contribution is -0.149. The first kappa shape index (κ1) is 28.3. The molecule has 4 atom stereocenters. The number of carboxylic acid groups (broad SMARTS) is 1. The molecule has 1 aliphatic rings. The predicted molar refractivity (Wildman–Crippen MR) is 142 cm³/mol. The summed E-state index contributed by atoms with van der Waals surface area (Å²) < 4.78 is 0. The van der Waals surface area contributed by atoms with Gasteiger partial charge in [-0.1, -0.05) is 18.2 Å². The van der Waals surface area contributed by atoms with Crippen LogP contribution in [-0.4, -0.2) is 85.3 Å². The molecule has 1 saturated heterocycles. The molecule has 4 rings (SSSR count). The van der Waals surface area contributed by atoms with Gasteiger partial charge in [0.15, 0.2) is 0 Å². The minimum absolute atomic E-state index is 0.0231. The lowest BCUT2D eigenvalue weighted by Gasteiger charge is -2.28. The van der Waals surface area contributed by atoms with Crippen molar-refractivity contribution >= 4 is 40.5 Å². The molecule has 1 aromatic carbocycles. The van der Waals surface area contributed by atoms with Crippen molar-refractivity contribution in [2.45, 2.75) is 56.3 Å². The van der Waals surface area contributed by atoms with Gasteiger partial charge in [-0.15, -0.1) is 0 Å². The number of likely N-dealkylation sites (tertiary alicyclic amines) is 1. The molecule has 1 fully saturated rings. The van der Waals surface area contributed by atoms with Crippen molar-refractivity contribution in [3.05, 3.63) is 54.2 Å². The highest BCUT2D eigenvalue weighted by molar-refractivity contribution is 5.96. The Hall–Kier alpha value is -4.72. The third-order valence-corrected chi connectivity index (χ3v) is 6.90. The molecule has 1 aliphatic heterocycles. The third kappa shape index (κ3) is 6.64. The molecule has 0 bridgehead atoms. The predicted octanol–water partition coefficient (Wildman–Crippen LogP) is -1.08. The number of carbonyl (C=O) groups excluding carboxylic acids is 4. The standard InChI is InChI=1S/C26H32N8O6/c27-17(8-14-11-30-18-5-2-1-4-16(14)18)23(36)32-19(10-22(28)35)24(37)33-20(9-15-12-29-13-31-15)25(38)34-7-3-6-21(34)26(39)40/h1-2,4-5,11-13,17,19-21,30H,3,6-10,27H2,(H2,28,35)(H,29,31)(H,32,36)(H,33,37)(H,39,40). The van der Waals surface area contributed by atoms with Gasteiger partial charge in [0.2, 0.25) is 23.6 Å². The van der Waals surface area contributed by atoms with E-state index in [0.717, 1.165) is 16.5 Å². The number of aliphatic carboxylic acids is 1. The molecule has 0 radical (unpaired) electrons. The molecule has 3 heterocycles. The number of carbonyl (C=O) groups is 5. The first-order chi connectivity index (χ1) is 19.1. The number of H-pyrrole nitrogens is 2. The number of benzene rings is 1. The average Bonchev–Trinajstić information content (AvgIpc) is 3.69. The van der Waals surface area contributed by atoms with Crippen molar-refractivity contribution in [1.29, 1.82) is 0 Å². The fraction of sp³-hybridized carbons (Fsp3) is 0.385. The zero-order valence-corrected chi connectivity index (χ0v) is 21.6. The highest BCUT2D eigenvalue weighted by Crippen LogP contribution is 2.20. The number of aromatic amines is 2. The summed E-state index contributed by atoms with van der Waals surface area (Å²) in [5.74, 6) is -4.12. The van der Waals surface area contributed by atoms with Crippen LogP contribution in [0.15, 0.2) is 43.0 Å². The molecule has 212 valence electrons. The number of amides is 4. The van der Waals surface area contributed by atoms with Crippen LogP contribution in [0.5, 0.6) is 0 Å². The Morgan fingerprint density at radius 2 is 1.82 bits per heavy atom. The van der Waals surface area contributed by atoms with E-state index >= 15 is 0 Å². The van der Waals surface area contributed by atoms with Gasteiger partial charge in [0.1, 0.15) is 18.1 Å². The fourth-order valence-electron chi connectivity index (χ4n) is 4.90. The maximum atomic E-state index is 13.4. The van der Waals surface area contributed by atoms with Crippen LogP contribution in [-0.2, 0) is 36.8 Å². The van der Waals surface area contributed by atoms with E-state index < -0.39 is 60.2 Å². The number of para-hydroxylation sites is 1. The minimum atomic E-state index is -1.41. The van der Waals surface area contributed by atoms with E-state index in [2.05, 4.69) is 25.6 Å². The van der Waals surface area contributed by atoms with Crippen molar-refractivity contribution in [2.75, 3.05) is 6.54 Å². The normalized spacial score (nSPS) is 17.2. The third-order valence-electron chi connectivity index (χ3n) is 6.90. The van der Waals surface area contributed by atoms with E-state index in [-0.39, 0.29) is 19.4 Å². The fourth-order valence-corrected chi connectivity index (χ4v) is 4.90. The Balaban J connectivity index is 1.48. The van der Waals surface area contributed by atoms with E-state index in [9.17, 15) is 29.1 Å². The highest BCUT2D eigenvalue weighted by Gasteiger charge is 2.38. The van der Waals surface area contributed by atoms with Gasteiger partial charge >= 0.3 is 5.97 Å². The smallest absolute Gasteiger partial charge is 0.326 e. The maximum Gasteiger partial charge on any atom is 0.326 e. The lowest BCUT2D eigenvalue weighted by atomic mass is 10.0. The second-order valence-electron chi connectivity index (χ2n) is 9.77. The van der Waals surface area contributed by atoms with Crippen LogP contribution in [0, 0.1) is 0 Å². The van der Waals surface area contributed by atoms with Crippen LogP contribution in [0.25, 0.3) is 10.9 Å². The number of rotatable bonds is 12. The van der Waals surface area contributed by atoms with E-state index in [4.69, 9.17) is 11.5 Å². The van der Waals surface area contributed by atoms with Crippen LogP contribution in [0.3, 0.4) is 0 Å². The number of nitrogens with two attached hydrogens (primary N) is 2. The van der Waals surface area contributed by atoms with Crippen molar-refractivity contribution in [2.24, 2.45) is 11.5 Å². The zero-order chi connectivity index (χ0) is 28.8. The average molecular weight is 553 g/mol. The number of nitrogens with zero attached hydrogens (tertiary/aromatic N) is 2. The summed E-state index contributed by atoms with van der Waals surface area (Å²) >= 11 is 0. The number of hydrogen-bond donors (Lipinski definition) is 7. The molecule has 2 aromatic heterocycles. The minimum Gasteiger partial charge on any atom is -0.480 e. The second-order valence-corrected chi connectivity index (χ2v) is 9.77. The van der Waals surface area contributed by atoms with Gasteiger partial charge in [0, 0.05) is 42.0 Å². The van der Waals surface area contributed by atoms with Gasteiger partial charge in [0.05, 0.1) is 18.8 Å². The topological polar surface area (TPSA) is 229 Å². The monoisotopic (exact) mass is 552 g/mol. The molecule has 40 heavy (non-hydrogen) atoms. The second kappa shape index (κ2) is 12.4. The van der Waals surface area contributed by atoms with Crippen molar-refractivity contribution in [1.82, 2.24) is 30.5 Å². The molecule has 0 saturated carbocycles. The van der Waals surface area contributed by atoms with Crippen molar-refractivity contribution in [3.63, 3.8) is 0 Å². The number of nitrogens with one attached hydrogen (secondary N) is 4. The number of hydrogen-bond acceptors (Lipinski definition) is 7. The highest BCUT2D eigenvalue weighted by atomic mass is 16.4. The van der Waals surface area contributed by atoms with E-state index in [0.29, 0.717) is 18.5 Å². The Bertz CT molecular complexity index is 1390. The van der Waals surface area contributed by atoms with Crippen molar-refractivity contribution < 1.29 is 29.1 Å². The number of fused-ring (bicyclic) bond motifs is 1. The Morgan fingerprint density at radius 1 is 1.07 bits per heavy atom. The van der Waals surface area contributed by atoms with Gasteiger partial charge in [-0.25, -0.2) is 9.78 Å². The van der Waals surface area contributed by atoms with Crippen molar-refractivity contribution in [3.8, 4) is 0 Å². The molecule has 14 heteroatoms. The first-order valence-corrected chi connectivity index (χ1v) is 12.8. The summed E-state index contributed by atoms with van der Waals surface area (Å²) in [6, 6.07) is 2.84. The van der Waals surface area contributed by atoms with Gasteiger partial charge in [0.25, 0.3) is 0 Å². The molecular weight excluding hydrogens is 520 g/mol. The van der Waals surface area contributed by atoms with Crippen LogP contribution >= 0.6 is 0 Å². The van der Waals surface area contributed by atoms with Crippen LogP contribution in [0.2, 0.25) is 0 Å². The Kier molecular flexibility index (Phi) is 8.79. The number of aromatic nitrogens is 3. The summed E-state index contributed by atoms with van der Waals surface area (Å²) in [6.45, 7) is 0.218. The zero-order valence-electron chi connectivity index (χ0n) is 21.6. The SMILES string of the molecule is NC(=O)CC(NC(=O)C(N)Cc1c[nH]c2ccccc12)C(=O)NC(Cc1cnc[nH]1)C(=O)N1CCCC1C(=O)O. The van der Waals surface area contributed by atoms with E-state index in [1.165, 1.54) is 17.4 Å². The summed E-state index contributed by atoms with van der Waals surface area (Å²) in [7, 11) is 0. The van der Waals surface area contributed by atoms with Gasteiger partial charge in [-0.3, -0.25) is 19.2 Å². The summed E-state index contributed by atoms with van der Waals surface area (Å²) in [4.78, 5) is 74.2. The van der Waals surface area contributed by atoms with Crippen LogP contribution in [0.4, 0.5) is 0 Å². The van der Waals surface area contributed by atoms with Crippen LogP contribution < -0.4 is 22.1 Å². The first-order valence-electron chi connectivity index (χ1n) is 12.8. The summed E-state index contributed by atoms with van der Waals surface area (Å²) in [5, 5.41) is 15.5. The molecule has 9 N–H and O–H groups in total. The van der Waals surface area contributed by atoms with Gasteiger partial charge < -0.3 is 42.1 Å². The molecular formula is C26H32N8O6. The molecule has 3 aromatic rings. The van der Waals surface area contributed by atoms with Crippen LogP contribution in [0.1, 0.15) is 30.5 Å². The Morgan fingerprint density at radius 3 is 2.52 bits per heavy atom. The maximum absolute atomic E-state index is 13.4. The van der Waals surface area contributed by atoms with E-state index in [1.807, 2.05) is 24.3 Å². The molecule has 4 unspecified atom stereocenters. The summed E-state index contributed by atoms with van der Waals surface area (Å²) in [5.41, 5.74) is 13.7. The molecule has 0 spiro atoms. The number of imidazole rings is 1. The van der Waals surface area contributed by atoms with Gasteiger partial charge in [-0.05, 0) is 30.9 Å². The molecule has 4 amide bonds. The molecule has 0 aliphatic carbocycles.